The molecule has 0 aliphatic heterocycles. The van der Waals surface area contributed by atoms with E-state index < -0.39 is 0 Å². The Morgan fingerprint density at radius 3 is 2.75 bits per heavy atom. The number of likely N-dealkylation sites (N-methyl/N-ethyl adjacent to an activating group) is 1. The predicted molar refractivity (Wildman–Crippen MR) is 75.8 cm³/mol. The molecule has 1 aromatic carbocycles. The molecule has 0 aliphatic rings. The van der Waals surface area contributed by atoms with E-state index in [0.717, 1.165) is 10.8 Å². The van der Waals surface area contributed by atoms with Gasteiger partial charge in [-0.3, -0.25) is 9.63 Å². The Kier molecular flexibility index (Phi) is 6.61. The summed E-state index contributed by atoms with van der Waals surface area (Å²) in [5.41, 5.74) is 6.26. The second-order valence-electron chi connectivity index (χ2n) is 3.94. The maximum Gasteiger partial charge on any atom is 0.283 e. The molecule has 0 radical (unpaired) electrons. The number of rotatable bonds is 8. The van der Waals surface area contributed by atoms with Crippen LogP contribution < -0.4 is 20.5 Å². The number of nitrogens with one attached hydrogen (secondary N) is 1. The van der Waals surface area contributed by atoms with Crippen molar-refractivity contribution in [2.75, 3.05) is 46.3 Å². The summed E-state index contributed by atoms with van der Waals surface area (Å²) < 4.78 is 10.6. The van der Waals surface area contributed by atoms with Gasteiger partial charge in [-0.15, -0.1) is 0 Å². The lowest BCUT2D eigenvalue weighted by Crippen LogP contribution is -2.30. The molecule has 0 heterocycles. The molecule has 20 heavy (non-hydrogen) atoms. The topological polar surface area (TPSA) is 86.0 Å². The number of carbonyl (C=O) groups is 1. The van der Waals surface area contributed by atoms with Crippen molar-refractivity contribution in [2.24, 2.45) is 5.73 Å². The third-order valence-electron chi connectivity index (χ3n) is 2.62. The van der Waals surface area contributed by atoms with Crippen molar-refractivity contribution in [1.82, 2.24) is 5.06 Å². The zero-order chi connectivity index (χ0) is 15.0. The van der Waals surface area contributed by atoms with Crippen LogP contribution in [0.4, 0.5) is 5.69 Å². The van der Waals surface area contributed by atoms with Crippen LogP contribution in [0.1, 0.15) is 0 Å². The molecular formula is C13H21N3O4. The van der Waals surface area contributed by atoms with E-state index in [2.05, 4.69) is 5.32 Å². The number of benzene rings is 1. The van der Waals surface area contributed by atoms with Crippen LogP contribution in [-0.2, 0) is 9.63 Å². The Morgan fingerprint density at radius 1 is 1.40 bits per heavy atom. The number of hydroxylamine groups is 2. The van der Waals surface area contributed by atoms with Gasteiger partial charge in [0, 0.05) is 26.2 Å². The molecule has 1 amide bonds. The van der Waals surface area contributed by atoms with Crippen LogP contribution in [-0.4, -0.2) is 51.9 Å². The molecule has 0 saturated heterocycles. The average molecular weight is 283 g/mol. The van der Waals surface area contributed by atoms with Crippen molar-refractivity contribution in [1.29, 1.82) is 0 Å². The molecule has 1 aromatic rings. The Labute approximate surface area is 118 Å². The van der Waals surface area contributed by atoms with Crippen molar-refractivity contribution in [3.8, 4) is 11.5 Å². The molecule has 0 aliphatic carbocycles. The summed E-state index contributed by atoms with van der Waals surface area (Å²) >= 11 is 0. The highest BCUT2D eigenvalue weighted by molar-refractivity contribution is 5.76. The van der Waals surface area contributed by atoms with Gasteiger partial charge in [-0.05, 0) is 12.1 Å². The van der Waals surface area contributed by atoms with Gasteiger partial charge in [0.2, 0.25) is 0 Å². The van der Waals surface area contributed by atoms with Gasteiger partial charge in [0.05, 0.1) is 19.9 Å². The van der Waals surface area contributed by atoms with Gasteiger partial charge in [0.25, 0.3) is 5.91 Å². The molecule has 3 N–H and O–H groups in total. The van der Waals surface area contributed by atoms with Gasteiger partial charge in [-0.25, -0.2) is 5.06 Å². The zero-order valence-electron chi connectivity index (χ0n) is 12.0. The summed E-state index contributed by atoms with van der Waals surface area (Å²) in [4.78, 5) is 16.3. The van der Waals surface area contributed by atoms with Crippen LogP contribution in [0.25, 0.3) is 0 Å². The highest BCUT2D eigenvalue weighted by atomic mass is 16.7. The standard InChI is InChI=1S/C13H21N3O4/c1-16(19-3)13(17)9-20-10-4-5-11(15-7-6-14)12(8-10)18-2/h4-5,8,15H,6-7,9,14H2,1-3H3. The normalized spacial score (nSPS) is 10.0. The maximum absolute atomic E-state index is 11.5. The molecule has 0 unspecified atom stereocenters. The van der Waals surface area contributed by atoms with E-state index in [1.54, 1.807) is 19.2 Å². The predicted octanol–water partition coefficient (Wildman–Crippen LogP) is 0.464. The van der Waals surface area contributed by atoms with E-state index in [-0.39, 0.29) is 12.5 Å². The number of anilines is 1. The average Bonchev–Trinajstić information content (AvgIpc) is 2.49. The van der Waals surface area contributed by atoms with Crippen LogP contribution >= 0.6 is 0 Å². The summed E-state index contributed by atoms with van der Waals surface area (Å²) in [7, 11) is 4.50. The summed E-state index contributed by atoms with van der Waals surface area (Å²) in [6, 6.07) is 5.27. The second-order valence-corrected chi connectivity index (χ2v) is 3.94. The van der Waals surface area contributed by atoms with E-state index in [1.165, 1.54) is 14.2 Å². The van der Waals surface area contributed by atoms with Gasteiger partial charge in [-0.2, -0.15) is 0 Å². The smallest absolute Gasteiger partial charge is 0.283 e. The van der Waals surface area contributed by atoms with Gasteiger partial charge < -0.3 is 20.5 Å². The molecule has 1 rings (SSSR count). The quantitative estimate of drug-likeness (QED) is 0.674. The molecule has 0 saturated carbocycles. The first-order valence-electron chi connectivity index (χ1n) is 6.17. The molecule has 7 nitrogen and oxygen atoms in total. The fourth-order valence-electron chi connectivity index (χ4n) is 1.45. The lowest BCUT2D eigenvalue weighted by atomic mass is 10.2. The molecule has 0 bridgehead atoms. The Bertz CT molecular complexity index is 440. The van der Waals surface area contributed by atoms with E-state index in [0.29, 0.717) is 24.6 Å². The SMILES string of the molecule is COc1cc(OCC(=O)N(C)OC)ccc1NCCN. The minimum Gasteiger partial charge on any atom is -0.494 e. The van der Waals surface area contributed by atoms with E-state index >= 15 is 0 Å². The Balaban J connectivity index is 2.65. The number of nitrogens with two attached hydrogens (primary N) is 1. The molecule has 112 valence electrons. The minimum atomic E-state index is -0.281. The first-order valence-corrected chi connectivity index (χ1v) is 6.17. The first-order chi connectivity index (χ1) is 9.62. The van der Waals surface area contributed by atoms with Crippen LogP contribution in [0.3, 0.4) is 0 Å². The summed E-state index contributed by atoms with van der Waals surface area (Å²) in [6.45, 7) is 1.07. The number of carbonyl (C=O) groups excluding carboxylic acids is 1. The molecule has 0 aromatic heterocycles. The van der Waals surface area contributed by atoms with Crippen LogP contribution in [0, 0.1) is 0 Å². The maximum atomic E-state index is 11.5. The van der Waals surface area contributed by atoms with E-state index in [4.69, 9.17) is 20.0 Å². The zero-order valence-corrected chi connectivity index (χ0v) is 12.0. The number of hydrogen-bond donors (Lipinski definition) is 2. The fourth-order valence-corrected chi connectivity index (χ4v) is 1.45. The number of methoxy groups -OCH3 is 1. The van der Waals surface area contributed by atoms with E-state index in [1.807, 2.05) is 6.07 Å². The molecule has 7 heteroatoms. The number of ether oxygens (including phenoxy) is 2. The van der Waals surface area contributed by atoms with E-state index in [9.17, 15) is 4.79 Å². The third kappa shape index (κ3) is 4.60. The van der Waals surface area contributed by atoms with Crippen LogP contribution in [0.2, 0.25) is 0 Å². The van der Waals surface area contributed by atoms with Gasteiger partial charge in [-0.1, -0.05) is 0 Å². The van der Waals surface area contributed by atoms with Gasteiger partial charge in [0.15, 0.2) is 6.61 Å². The van der Waals surface area contributed by atoms with Crippen molar-refractivity contribution in [3.05, 3.63) is 18.2 Å². The first kappa shape index (κ1) is 16.1. The monoisotopic (exact) mass is 283 g/mol. The third-order valence-corrected chi connectivity index (χ3v) is 2.62. The Hall–Kier alpha value is -1.99. The Morgan fingerprint density at radius 2 is 2.15 bits per heavy atom. The lowest BCUT2D eigenvalue weighted by Gasteiger charge is -2.15. The summed E-state index contributed by atoms with van der Waals surface area (Å²) in [5.74, 6) is 0.887. The summed E-state index contributed by atoms with van der Waals surface area (Å²) in [5, 5.41) is 4.24. The molecule has 0 fully saturated rings. The highest BCUT2D eigenvalue weighted by Gasteiger charge is 2.10. The number of nitrogens with zero attached hydrogens (tertiary/aromatic N) is 1. The van der Waals surface area contributed by atoms with Gasteiger partial charge >= 0.3 is 0 Å². The number of amides is 1. The van der Waals surface area contributed by atoms with Crippen molar-refractivity contribution in [2.45, 2.75) is 0 Å². The van der Waals surface area contributed by atoms with Crippen molar-refractivity contribution in [3.63, 3.8) is 0 Å². The van der Waals surface area contributed by atoms with Crippen LogP contribution in [0.15, 0.2) is 18.2 Å². The van der Waals surface area contributed by atoms with Crippen LogP contribution in [0.5, 0.6) is 11.5 Å². The summed E-state index contributed by atoms with van der Waals surface area (Å²) in [6.07, 6.45) is 0. The molecular weight excluding hydrogens is 262 g/mol. The number of hydrogen-bond acceptors (Lipinski definition) is 6. The second kappa shape index (κ2) is 8.23. The lowest BCUT2D eigenvalue weighted by molar-refractivity contribution is -0.170. The van der Waals surface area contributed by atoms with Crippen molar-refractivity contribution < 1.29 is 19.1 Å². The minimum absolute atomic E-state index is 0.108. The molecule has 0 spiro atoms. The van der Waals surface area contributed by atoms with Gasteiger partial charge in [0.1, 0.15) is 11.5 Å². The highest BCUT2D eigenvalue weighted by Crippen LogP contribution is 2.28. The van der Waals surface area contributed by atoms with Crippen molar-refractivity contribution >= 4 is 11.6 Å². The molecule has 0 atom stereocenters. The fraction of sp³-hybridized carbons (Fsp3) is 0.462. The largest absolute Gasteiger partial charge is 0.494 e.